The summed E-state index contributed by atoms with van der Waals surface area (Å²) in [5, 5.41) is 0. The molecule has 0 N–H and O–H groups in total. The standard InChI is InChI=1S/C13H20O4/c1-11-5-4-9-16-12(14)6-2-3-7-13(15)17-10-8-11/h5H,2-4,6-10H2,1H3/b11-5-. The van der Waals surface area contributed by atoms with E-state index < -0.39 is 0 Å². The number of carbonyl (C=O) groups is 2. The first-order valence-electron chi connectivity index (χ1n) is 6.15. The molecule has 0 amide bonds. The van der Waals surface area contributed by atoms with Gasteiger partial charge in [-0.25, -0.2) is 0 Å². The lowest BCUT2D eigenvalue weighted by Gasteiger charge is -2.07. The van der Waals surface area contributed by atoms with Crippen molar-refractivity contribution in [2.45, 2.75) is 45.4 Å². The molecule has 4 nitrogen and oxygen atoms in total. The second-order valence-corrected chi connectivity index (χ2v) is 4.24. The molecule has 1 aliphatic rings. The summed E-state index contributed by atoms with van der Waals surface area (Å²) in [6, 6.07) is 0. The summed E-state index contributed by atoms with van der Waals surface area (Å²) < 4.78 is 10.2. The molecule has 1 rings (SSSR count). The van der Waals surface area contributed by atoms with Gasteiger partial charge >= 0.3 is 11.9 Å². The van der Waals surface area contributed by atoms with Gasteiger partial charge in [-0.15, -0.1) is 0 Å². The average Bonchev–Trinajstić information content (AvgIpc) is 2.29. The highest BCUT2D eigenvalue weighted by molar-refractivity contribution is 5.70. The molecule has 0 spiro atoms. The van der Waals surface area contributed by atoms with Gasteiger partial charge in [0.05, 0.1) is 13.2 Å². The first-order valence-corrected chi connectivity index (χ1v) is 6.15. The molecule has 4 heteroatoms. The summed E-state index contributed by atoms with van der Waals surface area (Å²) >= 11 is 0. The van der Waals surface area contributed by atoms with Gasteiger partial charge in [0, 0.05) is 19.3 Å². The molecule has 0 aliphatic carbocycles. The molecule has 0 saturated carbocycles. The van der Waals surface area contributed by atoms with Gasteiger partial charge in [-0.05, 0) is 26.2 Å². The smallest absolute Gasteiger partial charge is 0.305 e. The fourth-order valence-electron chi connectivity index (χ4n) is 1.59. The van der Waals surface area contributed by atoms with Crippen LogP contribution in [0.1, 0.15) is 45.4 Å². The van der Waals surface area contributed by atoms with Crippen molar-refractivity contribution < 1.29 is 19.1 Å². The van der Waals surface area contributed by atoms with E-state index in [2.05, 4.69) is 0 Å². The minimum atomic E-state index is -0.179. The van der Waals surface area contributed by atoms with Crippen LogP contribution in [-0.2, 0) is 19.1 Å². The zero-order chi connectivity index (χ0) is 12.5. The molecule has 0 aromatic heterocycles. The van der Waals surface area contributed by atoms with Crippen molar-refractivity contribution in [1.29, 1.82) is 0 Å². The van der Waals surface area contributed by atoms with Crippen LogP contribution in [0.5, 0.6) is 0 Å². The Bertz CT molecular complexity index is 294. The van der Waals surface area contributed by atoms with E-state index in [1.54, 1.807) is 0 Å². The Kier molecular flexibility index (Phi) is 6.37. The van der Waals surface area contributed by atoms with E-state index in [0.29, 0.717) is 38.9 Å². The Morgan fingerprint density at radius 2 is 1.53 bits per heavy atom. The van der Waals surface area contributed by atoms with Crippen LogP contribution >= 0.6 is 0 Å². The van der Waals surface area contributed by atoms with Crippen molar-refractivity contribution >= 4 is 11.9 Å². The number of ether oxygens (including phenoxy) is 2. The van der Waals surface area contributed by atoms with Crippen molar-refractivity contribution in [3.8, 4) is 0 Å². The van der Waals surface area contributed by atoms with Crippen molar-refractivity contribution in [1.82, 2.24) is 0 Å². The lowest BCUT2D eigenvalue weighted by atomic mass is 10.2. The van der Waals surface area contributed by atoms with Crippen molar-refractivity contribution in [2.24, 2.45) is 0 Å². The van der Waals surface area contributed by atoms with Crippen LogP contribution in [0.4, 0.5) is 0 Å². The zero-order valence-electron chi connectivity index (χ0n) is 10.4. The Hall–Kier alpha value is -1.32. The molecular weight excluding hydrogens is 220 g/mol. The monoisotopic (exact) mass is 240 g/mol. The summed E-state index contributed by atoms with van der Waals surface area (Å²) in [7, 11) is 0. The molecular formula is C13H20O4. The summed E-state index contributed by atoms with van der Waals surface area (Å²) in [5.74, 6) is -0.357. The molecule has 0 fully saturated rings. The average molecular weight is 240 g/mol. The van der Waals surface area contributed by atoms with Gasteiger partial charge in [0.1, 0.15) is 0 Å². The number of hydrogen-bond donors (Lipinski definition) is 0. The third-order valence-corrected chi connectivity index (χ3v) is 2.64. The van der Waals surface area contributed by atoms with Crippen LogP contribution in [0.15, 0.2) is 11.6 Å². The number of hydrogen-bond acceptors (Lipinski definition) is 4. The molecule has 0 aromatic rings. The van der Waals surface area contributed by atoms with E-state index >= 15 is 0 Å². The van der Waals surface area contributed by atoms with E-state index in [-0.39, 0.29) is 11.9 Å². The highest BCUT2D eigenvalue weighted by Crippen LogP contribution is 2.07. The zero-order valence-corrected chi connectivity index (χ0v) is 10.4. The van der Waals surface area contributed by atoms with Crippen LogP contribution < -0.4 is 0 Å². The summed E-state index contributed by atoms with van der Waals surface area (Å²) in [6.45, 7) is 2.87. The Morgan fingerprint density at radius 1 is 0.941 bits per heavy atom. The van der Waals surface area contributed by atoms with E-state index in [1.165, 1.54) is 0 Å². The molecule has 0 saturated heterocycles. The van der Waals surface area contributed by atoms with Crippen LogP contribution in [-0.4, -0.2) is 25.2 Å². The van der Waals surface area contributed by atoms with Gasteiger partial charge in [0.15, 0.2) is 0 Å². The third-order valence-electron chi connectivity index (χ3n) is 2.64. The fourth-order valence-corrected chi connectivity index (χ4v) is 1.59. The van der Waals surface area contributed by atoms with Gasteiger partial charge in [0.2, 0.25) is 0 Å². The van der Waals surface area contributed by atoms with Crippen molar-refractivity contribution in [3.05, 3.63) is 11.6 Å². The quantitative estimate of drug-likeness (QED) is 0.482. The van der Waals surface area contributed by atoms with E-state index in [9.17, 15) is 9.59 Å². The maximum absolute atomic E-state index is 11.3. The number of esters is 2. The van der Waals surface area contributed by atoms with Crippen molar-refractivity contribution in [3.63, 3.8) is 0 Å². The maximum atomic E-state index is 11.3. The van der Waals surface area contributed by atoms with Crippen molar-refractivity contribution in [2.75, 3.05) is 13.2 Å². The molecule has 0 unspecified atom stereocenters. The van der Waals surface area contributed by atoms with Gasteiger partial charge in [-0.3, -0.25) is 9.59 Å². The Morgan fingerprint density at radius 3 is 2.18 bits per heavy atom. The van der Waals surface area contributed by atoms with Gasteiger partial charge in [0.25, 0.3) is 0 Å². The first kappa shape index (κ1) is 13.7. The lowest BCUT2D eigenvalue weighted by molar-refractivity contribution is -0.145. The molecule has 96 valence electrons. The molecule has 1 aliphatic heterocycles. The summed E-state index contributed by atoms with van der Waals surface area (Å²) in [4.78, 5) is 22.5. The second kappa shape index (κ2) is 7.87. The van der Waals surface area contributed by atoms with Crippen LogP contribution in [0, 0.1) is 0 Å². The van der Waals surface area contributed by atoms with Gasteiger partial charge in [-0.1, -0.05) is 11.6 Å². The molecule has 1 heterocycles. The number of carbonyl (C=O) groups excluding carboxylic acids is 2. The predicted octanol–water partition coefficient (Wildman–Crippen LogP) is 2.37. The lowest BCUT2D eigenvalue weighted by Crippen LogP contribution is -2.09. The highest BCUT2D eigenvalue weighted by atomic mass is 16.5. The molecule has 0 atom stereocenters. The maximum Gasteiger partial charge on any atom is 0.305 e. The van der Waals surface area contributed by atoms with Gasteiger partial charge in [-0.2, -0.15) is 0 Å². The second-order valence-electron chi connectivity index (χ2n) is 4.24. The molecule has 0 aromatic carbocycles. The third kappa shape index (κ3) is 6.76. The van der Waals surface area contributed by atoms with Crippen LogP contribution in [0.2, 0.25) is 0 Å². The first-order chi connectivity index (χ1) is 8.18. The fraction of sp³-hybridized carbons (Fsp3) is 0.692. The van der Waals surface area contributed by atoms with E-state index in [0.717, 1.165) is 18.4 Å². The van der Waals surface area contributed by atoms with E-state index in [4.69, 9.17) is 9.47 Å². The SMILES string of the molecule is C/C1=C/CCOC(=O)CCCCC(=O)OCC1. The topological polar surface area (TPSA) is 52.6 Å². The predicted molar refractivity (Wildman–Crippen MR) is 63.4 cm³/mol. The van der Waals surface area contributed by atoms with E-state index in [1.807, 2.05) is 13.0 Å². The van der Waals surface area contributed by atoms with Crippen LogP contribution in [0.25, 0.3) is 0 Å². The Labute approximate surface area is 102 Å². The highest BCUT2D eigenvalue weighted by Gasteiger charge is 2.06. The molecule has 17 heavy (non-hydrogen) atoms. The minimum absolute atomic E-state index is 0.178. The Balaban J connectivity index is 2.42. The van der Waals surface area contributed by atoms with Crippen LogP contribution in [0.3, 0.4) is 0 Å². The minimum Gasteiger partial charge on any atom is -0.465 e. The number of cyclic esters (lactones) is 2. The summed E-state index contributed by atoms with van der Waals surface area (Å²) in [6.07, 6.45) is 5.63. The normalized spacial score (nSPS) is 23.9. The number of rotatable bonds is 0. The van der Waals surface area contributed by atoms with Gasteiger partial charge < -0.3 is 9.47 Å². The molecule has 0 radical (unpaired) electrons. The summed E-state index contributed by atoms with van der Waals surface area (Å²) in [5.41, 5.74) is 1.16. The largest absolute Gasteiger partial charge is 0.465 e. The molecule has 0 bridgehead atoms.